The minimum atomic E-state index is -0.863. The highest BCUT2D eigenvalue weighted by Gasteiger charge is 2.17. The van der Waals surface area contributed by atoms with Gasteiger partial charge in [0, 0.05) is 12.4 Å². The fourth-order valence-electron chi connectivity index (χ4n) is 1.29. The summed E-state index contributed by atoms with van der Waals surface area (Å²) in [5, 5.41) is 11.8. The molecule has 0 aliphatic heterocycles. The molecule has 1 aromatic rings. The quantitative estimate of drug-likeness (QED) is 0.769. The van der Waals surface area contributed by atoms with E-state index in [1.165, 1.54) is 0 Å². The zero-order valence-corrected chi connectivity index (χ0v) is 9.60. The first kappa shape index (κ1) is 12.4. The monoisotopic (exact) mass is 223 g/mol. The molecule has 0 saturated heterocycles. The summed E-state index contributed by atoms with van der Waals surface area (Å²) in [7, 11) is 0. The van der Waals surface area contributed by atoms with Crippen molar-refractivity contribution in [1.82, 2.24) is 9.97 Å². The summed E-state index contributed by atoms with van der Waals surface area (Å²) in [5.74, 6) is -0.494. The van der Waals surface area contributed by atoms with E-state index in [9.17, 15) is 4.79 Å². The molecule has 0 radical (unpaired) electrons. The van der Waals surface area contributed by atoms with Crippen molar-refractivity contribution in [1.29, 1.82) is 0 Å². The minimum absolute atomic E-state index is 0.370. The number of aromatic nitrogens is 2. The highest BCUT2D eigenvalue weighted by atomic mass is 16.4. The third kappa shape index (κ3) is 3.84. The summed E-state index contributed by atoms with van der Waals surface area (Å²) >= 11 is 0. The van der Waals surface area contributed by atoms with Gasteiger partial charge in [0.25, 0.3) is 0 Å². The maximum atomic E-state index is 11.0. The predicted octanol–water partition coefficient (Wildman–Crippen LogP) is 1.84. The van der Waals surface area contributed by atoms with E-state index in [1.807, 2.05) is 13.8 Å². The molecule has 0 amide bonds. The summed E-state index contributed by atoms with van der Waals surface area (Å²) in [4.78, 5) is 19.0. The number of aryl methyl sites for hydroxylation is 1. The average molecular weight is 223 g/mol. The molecule has 5 nitrogen and oxygen atoms in total. The van der Waals surface area contributed by atoms with E-state index in [1.54, 1.807) is 12.4 Å². The van der Waals surface area contributed by atoms with Gasteiger partial charge in [-0.25, -0.2) is 14.8 Å². The van der Waals surface area contributed by atoms with E-state index in [0.717, 1.165) is 18.4 Å². The highest BCUT2D eigenvalue weighted by Crippen LogP contribution is 2.07. The number of carboxylic acids is 1. The molecule has 88 valence electrons. The Bertz CT molecular complexity index is 338. The van der Waals surface area contributed by atoms with Crippen molar-refractivity contribution in [3.8, 4) is 0 Å². The fourth-order valence-corrected chi connectivity index (χ4v) is 1.29. The lowest BCUT2D eigenvalue weighted by Gasteiger charge is -2.13. The number of carbonyl (C=O) groups is 1. The molecule has 0 saturated carbocycles. The SMILES string of the molecule is CCCCC(Nc1ncc(C)cn1)C(=O)O. The number of hydrogen-bond donors (Lipinski definition) is 2. The molecule has 2 N–H and O–H groups in total. The van der Waals surface area contributed by atoms with Crippen LogP contribution in [0.2, 0.25) is 0 Å². The molecule has 1 aromatic heterocycles. The molecule has 1 rings (SSSR count). The van der Waals surface area contributed by atoms with Crippen LogP contribution in [0.1, 0.15) is 31.7 Å². The Morgan fingerprint density at radius 3 is 2.62 bits per heavy atom. The van der Waals surface area contributed by atoms with Gasteiger partial charge in [0.05, 0.1) is 0 Å². The lowest BCUT2D eigenvalue weighted by atomic mass is 10.1. The van der Waals surface area contributed by atoms with Gasteiger partial charge in [0.15, 0.2) is 0 Å². The Balaban J connectivity index is 2.60. The zero-order chi connectivity index (χ0) is 12.0. The molecular weight excluding hydrogens is 206 g/mol. The summed E-state index contributed by atoms with van der Waals surface area (Å²) in [6.45, 7) is 3.91. The maximum Gasteiger partial charge on any atom is 0.326 e. The Morgan fingerprint density at radius 2 is 2.12 bits per heavy atom. The van der Waals surface area contributed by atoms with Crippen molar-refractivity contribution in [3.05, 3.63) is 18.0 Å². The number of nitrogens with zero attached hydrogens (tertiary/aromatic N) is 2. The van der Waals surface area contributed by atoms with E-state index in [2.05, 4.69) is 15.3 Å². The van der Waals surface area contributed by atoms with Crippen molar-refractivity contribution in [3.63, 3.8) is 0 Å². The number of hydrogen-bond acceptors (Lipinski definition) is 4. The summed E-state index contributed by atoms with van der Waals surface area (Å²) in [6.07, 6.45) is 5.75. The van der Waals surface area contributed by atoms with Crippen LogP contribution in [0.3, 0.4) is 0 Å². The summed E-state index contributed by atoms with van der Waals surface area (Å²) < 4.78 is 0. The molecule has 0 spiro atoms. The number of aliphatic carboxylic acids is 1. The van der Waals surface area contributed by atoms with Crippen molar-refractivity contribution < 1.29 is 9.90 Å². The van der Waals surface area contributed by atoms with Gasteiger partial charge in [0.2, 0.25) is 5.95 Å². The lowest BCUT2D eigenvalue weighted by Crippen LogP contribution is -2.30. The van der Waals surface area contributed by atoms with Gasteiger partial charge in [-0.3, -0.25) is 0 Å². The van der Waals surface area contributed by atoms with Crippen molar-refractivity contribution in [2.75, 3.05) is 5.32 Å². The molecular formula is C11H17N3O2. The maximum absolute atomic E-state index is 11.0. The number of unbranched alkanes of at least 4 members (excludes halogenated alkanes) is 1. The molecule has 1 unspecified atom stereocenters. The Kier molecular flexibility index (Phi) is 4.69. The third-order valence-corrected chi connectivity index (χ3v) is 2.23. The normalized spacial score (nSPS) is 12.1. The average Bonchev–Trinajstić information content (AvgIpc) is 2.26. The van der Waals surface area contributed by atoms with Gasteiger partial charge in [-0.05, 0) is 18.9 Å². The van der Waals surface area contributed by atoms with Crippen LogP contribution in [-0.4, -0.2) is 27.1 Å². The lowest BCUT2D eigenvalue weighted by molar-refractivity contribution is -0.138. The minimum Gasteiger partial charge on any atom is -0.480 e. The van der Waals surface area contributed by atoms with Gasteiger partial charge in [-0.2, -0.15) is 0 Å². The first-order valence-electron chi connectivity index (χ1n) is 5.41. The number of rotatable bonds is 6. The number of nitrogens with one attached hydrogen (secondary N) is 1. The van der Waals surface area contributed by atoms with Crippen LogP contribution >= 0.6 is 0 Å². The second kappa shape index (κ2) is 6.05. The Hall–Kier alpha value is -1.65. The van der Waals surface area contributed by atoms with Gasteiger partial charge >= 0.3 is 5.97 Å². The number of carboxylic acid groups (broad SMARTS) is 1. The first-order valence-corrected chi connectivity index (χ1v) is 5.41. The molecule has 1 atom stereocenters. The summed E-state index contributed by atoms with van der Waals surface area (Å²) in [6, 6.07) is -0.609. The molecule has 0 aromatic carbocycles. The molecule has 1 heterocycles. The van der Waals surface area contributed by atoms with Crippen LogP contribution in [0.4, 0.5) is 5.95 Å². The van der Waals surface area contributed by atoms with Gasteiger partial charge in [-0.1, -0.05) is 19.8 Å². The van der Waals surface area contributed by atoms with E-state index >= 15 is 0 Å². The second-order valence-corrected chi connectivity index (χ2v) is 3.76. The zero-order valence-electron chi connectivity index (χ0n) is 9.60. The Labute approximate surface area is 94.9 Å². The van der Waals surface area contributed by atoms with Crippen LogP contribution < -0.4 is 5.32 Å². The van der Waals surface area contributed by atoms with E-state index in [-0.39, 0.29) is 0 Å². The number of anilines is 1. The van der Waals surface area contributed by atoms with Crippen LogP contribution in [0.5, 0.6) is 0 Å². The Morgan fingerprint density at radius 1 is 1.50 bits per heavy atom. The first-order chi connectivity index (χ1) is 7.63. The molecule has 5 heteroatoms. The van der Waals surface area contributed by atoms with Crippen LogP contribution in [-0.2, 0) is 4.79 Å². The molecule has 16 heavy (non-hydrogen) atoms. The molecule has 0 aliphatic carbocycles. The predicted molar refractivity (Wildman–Crippen MR) is 61.3 cm³/mol. The third-order valence-electron chi connectivity index (χ3n) is 2.23. The van der Waals surface area contributed by atoms with Crippen molar-refractivity contribution >= 4 is 11.9 Å². The fraction of sp³-hybridized carbons (Fsp3) is 0.545. The van der Waals surface area contributed by atoms with Gasteiger partial charge in [0.1, 0.15) is 6.04 Å². The van der Waals surface area contributed by atoms with E-state index < -0.39 is 12.0 Å². The second-order valence-electron chi connectivity index (χ2n) is 3.76. The van der Waals surface area contributed by atoms with Gasteiger partial charge < -0.3 is 10.4 Å². The van der Waals surface area contributed by atoms with E-state index in [0.29, 0.717) is 12.4 Å². The summed E-state index contributed by atoms with van der Waals surface area (Å²) in [5.41, 5.74) is 0.950. The molecule has 0 bridgehead atoms. The topological polar surface area (TPSA) is 75.1 Å². The highest BCUT2D eigenvalue weighted by molar-refractivity contribution is 5.76. The standard InChI is InChI=1S/C11H17N3O2/c1-3-4-5-9(10(15)16)14-11-12-6-8(2)7-13-11/h6-7,9H,3-5H2,1-2H3,(H,15,16)(H,12,13,14). The van der Waals surface area contributed by atoms with Crippen molar-refractivity contribution in [2.45, 2.75) is 39.2 Å². The van der Waals surface area contributed by atoms with E-state index in [4.69, 9.17) is 5.11 Å². The molecule has 0 aliphatic rings. The van der Waals surface area contributed by atoms with Gasteiger partial charge in [-0.15, -0.1) is 0 Å². The largest absolute Gasteiger partial charge is 0.480 e. The van der Waals surface area contributed by atoms with Crippen LogP contribution in [0, 0.1) is 6.92 Å². The van der Waals surface area contributed by atoms with Crippen molar-refractivity contribution in [2.24, 2.45) is 0 Å². The van der Waals surface area contributed by atoms with Crippen LogP contribution in [0.15, 0.2) is 12.4 Å². The molecule has 0 fully saturated rings. The smallest absolute Gasteiger partial charge is 0.326 e. The van der Waals surface area contributed by atoms with Crippen LogP contribution in [0.25, 0.3) is 0 Å².